The van der Waals surface area contributed by atoms with Crippen LogP contribution < -0.4 is 15.0 Å². The Labute approximate surface area is 192 Å². The van der Waals surface area contributed by atoms with Gasteiger partial charge < -0.3 is 10.1 Å². The first-order chi connectivity index (χ1) is 15.3. The Bertz CT molecular complexity index is 1260. The molecule has 0 fully saturated rings. The van der Waals surface area contributed by atoms with Crippen LogP contribution in [-0.2, 0) is 9.59 Å². The van der Waals surface area contributed by atoms with Crippen molar-refractivity contribution in [3.05, 3.63) is 93.6 Å². The first-order valence-corrected chi connectivity index (χ1v) is 10.6. The number of hydrogen-bond donors (Lipinski definition) is 1. The maximum Gasteiger partial charge on any atom is 0.282 e. The average molecular weight is 447 g/mol. The molecule has 0 saturated carbocycles. The molecule has 3 aromatic carbocycles. The molecule has 6 heteroatoms. The van der Waals surface area contributed by atoms with Crippen molar-refractivity contribution in [2.45, 2.75) is 20.8 Å². The number of methoxy groups -OCH3 is 1. The highest BCUT2D eigenvalue weighted by Gasteiger charge is 2.40. The summed E-state index contributed by atoms with van der Waals surface area (Å²) in [6, 6.07) is 18.2. The fourth-order valence-electron chi connectivity index (χ4n) is 3.63. The van der Waals surface area contributed by atoms with E-state index >= 15 is 0 Å². The Balaban J connectivity index is 1.83. The molecular weight excluding hydrogens is 424 g/mol. The number of carbonyl (C=O) groups excluding carboxylic acids is 2. The number of benzene rings is 3. The van der Waals surface area contributed by atoms with Gasteiger partial charge in [-0.3, -0.25) is 9.59 Å². The normalized spacial score (nSPS) is 13.7. The Morgan fingerprint density at radius 3 is 2.19 bits per heavy atom. The number of ether oxygens (including phenoxy) is 1. The number of rotatable bonds is 5. The van der Waals surface area contributed by atoms with Gasteiger partial charge in [0.05, 0.1) is 23.4 Å². The number of anilines is 2. The van der Waals surface area contributed by atoms with Gasteiger partial charge in [0.15, 0.2) is 0 Å². The third-order valence-electron chi connectivity index (χ3n) is 5.59. The van der Waals surface area contributed by atoms with Gasteiger partial charge in [-0.2, -0.15) is 0 Å². The van der Waals surface area contributed by atoms with Crippen molar-refractivity contribution in [2.24, 2.45) is 0 Å². The first kappa shape index (κ1) is 21.7. The van der Waals surface area contributed by atoms with Gasteiger partial charge in [-0.05, 0) is 67.8 Å². The standard InChI is InChI=1S/C26H23ClN2O3/c1-15-5-10-20(11-6-15)29-25(30)23(18-8-7-16(2)17(3)13-18)24(26(29)31)28-19-9-12-22(32-4)21(27)14-19/h5-14,28H,1-4H3. The Hall–Kier alpha value is -3.57. The number of halogens is 1. The summed E-state index contributed by atoms with van der Waals surface area (Å²) < 4.78 is 5.21. The summed E-state index contributed by atoms with van der Waals surface area (Å²) in [6.07, 6.45) is 0. The third-order valence-corrected chi connectivity index (χ3v) is 5.89. The van der Waals surface area contributed by atoms with E-state index in [9.17, 15) is 9.59 Å². The van der Waals surface area contributed by atoms with Gasteiger partial charge in [-0.15, -0.1) is 0 Å². The fourth-order valence-corrected chi connectivity index (χ4v) is 3.88. The lowest BCUT2D eigenvalue weighted by molar-refractivity contribution is -0.120. The van der Waals surface area contributed by atoms with Gasteiger partial charge in [0.1, 0.15) is 11.4 Å². The third kappa shape index (κ3) is 3.87. The van der Waals surface area contributed by atoms with Crippen molar-refractivity contribution in [3.63, 3.8) is 0 Å². The zero-order chi connectivity index (χ0) is 23.0. The molecule has 0 radical (unpaired) electrons. The molecule has 1 aliphatic rings. The van der Waals surface area contributed by atoms with E-state index < -0.39 is 5.91 Å². The molecule has 1 N–H and O–H groups in total. The topological polar surface area (TPSA) is 58.6 Å². The minimum Gasteiger partial charge on any atom is -0.495 e. The van der Waals surface area contributed by atoms with E-state index in [4.69, 9.17) is 16.3 Å². The van der Waals surface area contributed by atoms with E-state index in [-0.39, 0.29) is 11.6 Å². The van der Waals surface area contributed by atoms with Crippen molar-refractivity contribution >= 4 is 40.4 Å². The predicted molar refractivity (Wildman–Crippen MR) is 128 cm³/mol. The van der Waals surface area contributed by atoms with Crippen LogP contribution in [0.2, 0.25) is 5.02 Å². The Kier molecular flexibility index (Phi) is 5.76. The molecule has 0 spiro atoms. The van der Waals surface area contributed by atoms with Crippen molar-refractivity contribution in [1.29, 1.82) is 0 Å². The highest BCUT2D eigenvalue weighted by molar-refractivity contribution is 6.46. The van der Waals surface area contributed by atoms with Gasteiger partial charge >= 0.3 is 0 Å². The zero-order valence-electron chi connectivity index (χ0n) is 18.3. The maximum atomic E-state index is 13.5. The largest absolute Gasteiger partial charge is 0.495 e. The molecule has 0 unspecified atom stereocenters. The molecule has 0 atom stereocenters. The summed E-state index contributed by atoms with van der Waals surface area (Å²) >= 11 is 6.27. The van der Waals surface area contributed by atoms with Crippen LogP contribution in [0.4, 0.5) is 11.4 Å². The van der Waals surface area contributed by atoms with E-state index in [0.717, 1.165) is 16.7 Å². The van der Waals surface area contributed by atoms with Gasteiger partial charge in [-0.25, -0.2) is 4.90 Å². The van der Waals surface area contributed by atoms with E-state index in [1.807, 2.05) is 51.1 Å². The minimum absolute atomic E-state index is 0.208. The molecule has 0 aliphatic carbocycles. The van der Waals surface area contributed by atoms with Crippen LogP contribution in [0, 0.1) is 20.8 Å². The maximum absolute atomic E-state index is 13.5. The summed E-state index contributed by atoms with van der Waals surface area (Å²) in [6.45, 7) is 5.94. The van der Waals surface area contributed by atoms with Crippen LogP contribution >= 0.6 is 11.6 Å². The molecule has 32 heavy (non-hydrogen) atoms. The SMILES string of the molecule is COc1ccc(NC2=C(c3ccc(C)c(C)c3)C(=O)N(c3ccc(C)cc3)C2=O)cc1Cl. The smallest absolute Gasteiger partial charge is 0.282 e. The second-order valence-corrected chi connectivity index (χ2v) is 8.21. The first-order valence-electron chi connectivity index (χ1n) is 10.2. The van der Waals surface area contributed by atoms with Crippen molar-refractivity contribution < 1.29 is 14.3 Å². The molecule has 0 aromatic heterocycles. The van der Waals surface area contributed by atoms with E-state index in [1.165, 1.54) is 12.0 Å². The molecular formula is C26H23ClN2O3. The highest BCUT2D eigenvalue weighted by atomic mass is 35.5. The molecule has 5 nitrogen and oxygen atoms in total. The van der Waals surface area contributed by atoms with Crippen LogP contribution in [0.25, 0.3) is 5.57 Å². The lowest BCUT2D eigenvalue weighted by Gasteiger charge is -2.16. The molecule has 0 bridgehead atoms. The van der Waals surface area contributed by atoms with Gasteiger partial charge in [0, 0.05) is 5.69 Å². The number of nitrogens with one attached hydrogen (secondary N) is 1. The van der Waals surface area contributed by atoms with Crippen molar-refractivity contribution in [1.82, 2.24) is 0 Å². The summed E-state index contributed by atoms with van der Waals surface area (Å²) in [7, 11) is 1.54. The van der Waals surface area contributed by atoms with Crippen LogP contribution in [-0.4, -0.2) is 18.9 Å². The number of hydrogen-bond acceptors (Lipinski definition) is 4. The van der Waals surface area contributed by atoms with Crippen molar-refractivity contribution in [3.8, 4) is 5.75 Å². The fraction of sp³-hybridized carbons (Fsp3) is 0.154. The molecule has 4 rings (SSSR count). The second kappa shape index (κ2) is 8.52. The zero-order valence-corrected chi connectivity index (χ0v) is 19.1. The molecule has 162 valence electrons. The number of aryl methyl sites for hydroxylation is 3. The summed E-state index contributed by atoms with van der Waals surface area (Å²) in [5.74, 6) is -0.265. The molecule has 1 heterocycles. The van der Waals surface area contributed by atoms with Gasteiger partial charge in [-0.1, -0.05) is 47.5 Å². The van der Waals surface area contributed by atoms with Crippen LogP contribution in [0.15, 0.2) is 66.4 Å². The number of amides is 2. The van der Waals surface area contributed by atoms with E-state index in [1.54, 1.807) is 30.3 Å². The van der Waals surface area contributed by atoms with E-state index in [0.29, 0.717) is 33.3 Å². The van der Waals surface area contributed by atoms with Crippen LogP contribution in [0.1, 0.15) is 22.3 Å². The van der Waals surface area contributed by atoms with Gasteiger partial charge in [0.2, 0.25) is 0 Å². The van der Waals surface area contributed by atoms with Crippen molar-refractivity contribution in [2.75, 3.05) is 17.3 Å². The summed E-state index contributed by atoms with van der Waals surface area (Å²) in [5, 5.41) is 3.54. The second-order valence-electron chi connectivity index (χ2n) is 7.80. The van der Waals surface area contributed by atoms with E-state index in [2.05, 4.69) is 5.32 Å². The number of nitrogens with zero attached hydrogens (tertiary/aromatic N) is 1. The number of imide groups is 1. The molecule has 3 aromatic rings. The molecule has 0 saturated heterocycles. The highest BCUT2D eigenvalue weighted by Crippen LogP contribution is 2.35. The summed E-state index contributed by atoms with van der Waals surface area (Å²) in [4.78, 5) is 28.2. The number of carbonyl (C=O) groups is 2. The monoisotopic (exact) mass is 446 g/mol. The average Bonchev–Trinajstić information content (AvgIpc) is 3.00. The Morgan fingerprint density at radius 2 is 1.56 bits per heavy atom. The predicted octanol–water partition coefficient (Wildman–Crippen LogP) is 5.67. The lowest BCUT2D eigenvalue weighted by atomic mass is 9.99. The van der Waals surface area contributed by atoms with Crippen LogP contribution in [0.5, 0.6) is 5.75 Å². The summed E-state index contributed by atoms with van der Waals surface area (Å²) in [5.41, 5.74) is 5.51. The Morgan fingerprint density at radius 1 is 0.844 bits per heavy atom. The molecule has 2 amide bonds. The van der Waals surface area contributed by atoms with Gasteiger partial charge in [0.25, 0.3) is 11.8 Å². The lowest BCUT2D eigenvalue weighted by Crippen LogP contribution is -2.32. The van der Waals surface area contributed by atoms with Crippen LogP contribution in [0.3, 0.4) is 0 Å². The molecule has 1 aliphatic heterocycles. The minimum atomic E-state index is -0.418. The quantitative estimate of drug-likeness (QED) is 0.513.